The fraction of sp³-hybridized carbons (Fsp3) is 0.294. The second-order valence-corrected chi connectivity index (χ2v) is 5.27. The zero-order valence-electron chi connectivity index (χ0n) is 12.9. The van der Waals surface area contributed by atoms with Crippen molar-refractivity contribution in [2.24, 2.45) is 0 Å². The number of halogens is 3. The summed E-state index contributed by atoms with van der Waals surface area (Å²) in [5.74, 6) is 0.701. The van der Waals surface area contributed by atoms with Gasteiger partial charge in [-0.15, -0.1) is 0 Å². The Balaban J connectivity index is 1.98. The van der Waals surface area contributed by atoms with Crippen LogP contribution >= 0.6 is 0 Å². The Morgan fingerprint density at radius 1 is 1.21 bits per heavy atom. The molecule has 0 aliphatic rings. The molecule has 0 saturated carbocycles. The summed E-state index contributed by atoms with van der Waals surface area (Å²) < 4.78 is 49.6. The zero-order chi connectivity index (χ0) is 17.2. The lowest BCUT2D eigenvalue weighted by Gasteiger charge is -2.07. The molecule has 2 aromatic heterocycles. The number of fused-ring (bicyclic) bond motifs is 1. The molecule has 4 nitrogen and oxygen atoms in total. The van der Waals surface area contributed by atoms with Crippen molar-refractivity contribution < 1.29 is 22.3 Å². The van der Waals surface area contributed by atoms with Gasteiger partial charge in [0.2, 0.25) is 5.89 Å². The van der Waals surface area contributed by atoms with E-state index < -0.39 is 11.7 Å². The zero-order valence-corrected chi connectivity index (χ0v) is 12.9. The van der Waals surface area contributed by atoms with Gasteiger partial charge in [0.15, 0.2) is 5.58 Å². The number of alkyl halides is 3. The fourth-order valence-electron chi connectivity index (χ4n) is 2.22. The Labute approximate surface area is 136 Å². The molecule has 126 valence electrons. The standard InChI is InChI=1S/C17H15F3N2O2/c1-2-3-8-23-15-10-21-7-6-12(15)16-22-13-9-11(17(18,19)20)4-5-14(13)24-16/h4-7,9-10H,2-3,8H2,1H3. The quantitative estimate of drug-likeness (QED) is 0.609. The van der Waals surface area contributed by atoms with Gasteiger partial charge in [-0.3, -0.25) is 4.98 Å². The third-order valence-electron chi connectivity index (χ3n) is 3.49. The number of pyridine rings is 1. The average molecular weight is 336 g/mol. The first-order chi connectivity index (χ1) is 11.5. The van der Waals surface area contributed by atoms with Crippen molar-refractivity contribution in [1.29, 1.82) is 0 Å². The number of ether oxygens (including phenoxy) is 1. The lowest BCUT2D eigenvalue weighted by Crippen LogP contribution is -2.03. The van der Waals surface area contributed by atoms with Gasteiger partial charge < -0.3 is 9.15 Å². The summed E-state index contributed by atoms with van der Waals surface area (Å²) >= 11 is 0. The summed E-state index contributed by atoms with van der Waals surface area (Å²) in [4.78, 5) is 8.18. The molecule has 0 bridgehead atoms. The van der Waals surface area contributed by atoms with Crippen LogP contribution in [0.25, 0.3) is 22.6 Å². The molecule has 0 aliphatic heterocycles. The highest BCUT2D eigenvalue weighted by molar-refractivity contribution is 5.78. The van der Waals surface area contributed by atoms with Gasteiger partial charge in [0.1, 0.15) is 11.3 Å². The molecule has 24 heavy (non-hydrogen) atoms. The van der Waals surface area contributed by atoms with Crippen LogP contribution in [0.3, 0.4) is 0 Å². The minimum atomic E-state index is -4.42. The van der Waals surface area contributed by atoms with E-state index in [2.05, 4.69) is 9.97 Å². The van der Waals surface area contributed by atoms with E-state index in [1.54, 1.807) is 18.5 Å². The van der Waals surface area contributed by atoms with Crippen LogP contribution in [0.2, 0.25) is 0 Å². The predicted octanol–water partition coefficient (Wildman–Crippen LogP) is 5.09. The van der Waals surface area contributed by atoms with Crippen molar-refractivity contribution in [3.8, 4) is 17.2 Å². The maximum Gasteiger partial charge on any atom is 0.416 e. The van der Waals surface area contributed by atoms with Crippen LogP contribution in [0.4, 0.5) is 13.2 Å². The number of benzene rings is 1. The van der Waals surface area contributed by atoms with E-state index in [1.807, 2.05) is 6.92 Å². The number of oxazole rings is 1. The van der Waals surface area contributed by atoms with Crippen LogP contribution in [0.15, 0.2) is 41.1 Å². The van der Waals surface area contributed by atoms with Gasteiger partial charge >= 0.3 is 6.18 Å². The van der Waals surface area contributed by atoms with E-state index >= 15 is 0 Å². The normalized spacial score (nSPS) is 11.8. The lowest BCUT2D eigenvalue weighted by molar-refractivity contribution is -0.137. The third kappa shape index (κ3) is 3.34. The van der Waals surface area contributed by atoms with Crippen LogP contribution in [-0.4, -0.2) is 16.6 Å². The third-order valence-corrected chi connectivity index (χ3v) is 3.49. The van der Waals surface area contributed by atoms with E-state index in [1.165, 1.54) is 6.07 Å². The molecule has 0 N–H and O–H groups in total. The van der Waals surface area contributed by atoms with E-state index in [0.29, 0.717) is 17.9 Å². The Hall–Kier alpha value is -2.57. The second-order valence-electron chi connectivity index (χ2n) is 5.27. The Kier molecular flexibility index (Phi) is 4.42. The molecule has 0 fully saturated rings. The van der Waals surface area contributed by atoms with E-state index in [4.69, 9.17) is 9.15 Å². The van der Waals surface area contributed by atoms with Crippen LogP contribution in [0, 0.1) is 0 Å². The summed E-state index contributed by atoms with van der Waals surface area (Å²) in [7, 11) is 0. The van der Waals surface area contributed by atoms with Gasteiger partial charge in [0.05, 0.1) is 23.9 Å². The topological polar surface area (TPSA) is 48.2 Å². The van der Waals surface area contributed by atoms with Crippen molar-refractivity contribution in [2.45, 2.75) is 25.9 Å². The molecule has 7 heteroatoms. The Bertz CT molecular complexity index is 843. The molecular weight excluding hydrogens is 321 g/mol. The summed E-state index contributed by atoms with van der Waals surface area (Å²) in [5, 5.41) is 0. The predicted molar refractivity (Wildman–Crippen MR) is 82.6 cm³/mol. The summed E-state index contributed by atoms with van der Waals surface area (Å²) in [6.07, 6.45) is 0.549. The summed E-state index contributed by atoms with van der Waals surface area (Å²) in [5.41, 5.74) is 0.236. The highest BCUT2D eigenvalue weighted by Gasteiger charge is 2.31. The maximum atomic E-state index is 12.8. The van der Waals surface area contributed by atoms with Crippen molar-refractivity contribution in [1.82, 2.24) is 9.97 Å². The minimum absolute atomic E-state index is 0.149. The summed E-state index contributed by atoms with van der Waals surface area (Å²) in [6.45, 7) is 2.57. The van der Waals surface area contributed by atoms with Crippen LogP contribution in [0.5, 0.6) is 5.75 Å². The molecule has 3 rings (SSSR count). The molecular formula is C17H15F3N2O2. The Morgan fingerprint density at radius 3 is 2.79 bits per heavy atom. The second kappa shape index (κ2) is 6.51. The van der Waals surface area contributed by atoms with Crippen LogP contribution in [-0.2, 0) is 6.18 Å². The molecule has 3 aromatic rings. The highest BCUT2D eigenvalue weighted by atomic mass is 19.4. The summed E-state index contributed by atoms with van der Waals surface area (Å²) in [6, 6.07) is 4.88. The molecule has 1 aromatic carbocycles. The van der Waals surface area contributed by atoms with Crippen LogP contribution in [0.1, 0.15) is 25.3 Å². The SMILES string of the molecule is CCCCOc1cnccc1-c1nc2cc(C(F)(F)F)ccc2o1. The van der Waals surface area contributed by atoms with Crippen molar-refractivity contribution in [3.05, 3.63) is 42.2 Å². The fourth-order valence-corrected chi connectivity index (χ4v) is 2.22. The molecule has 0 radical (unpaired) electrons. The van der Waals surface area contributed by atoms with E-state index in [-0.39, 0.29) is 17.0 Å². The monoisotopic (exact) mass is 336 g/mol. The van der Waals surface area contributed by atoms with Gasteiger partial charge in [-0.05, 0) is 30.7 Å². The minimum Gasteiger partial charge on any atom is -0.491 e. The van der Waals surface area contributed by atoms with Gasteiger partial charge in [-0.25, -0.2) is 4.98 Å². The average Bonchev–Trinajstić information content (AvgIpc) is 2.97. The smallest absolute Gasteiger partial charge is 0.416 e. The number of aromatic nitrogens is 2. The van der Waals surface area contributed by atoms with Gasteiger partial charge in [0, 0.05) is 6.20 Å². The molecule has 2 heterocycles. The highest BCUT2D eigenvalue weighted by Crippen LogP contribution is 2.34. The first-order valence-corrected chi connectivity index (χ1v) is 7.54. The molecule has 0 spiro atoms. The first-order valence-electron chi connectivity index (χ1n) is 7.54. The lowest BCUT2D eigenvalue weighted by atomic mass is 10.2. The van der Waals surface area contributed by atoms with Gasteiger partial charge in [0.25, 0.3) is 0 Å². The number of hydrogen-bond acceptors (Lipinski definition) is 4. The molecule has 0 amide bonds. The van der Waals surface area contributed by atoms with Crippen molar-refractivity contribution in [2.75, 3.05) is 6.61 Å². The van der Waals surface area contributed by atoms with Gasteiger partial charge in [-0.1, -0.05) is 13.3 Å². The number of rotatable bonds is 5. The number of unbranched alkanes of at least 4 members (excludes halogenated alkanes) is 1. The van der Waals surface area contributed by atoms with E-state index in [0.717, 1.165) is 25.0 Å². The number of hydrogen-bond donors (Lipinski definition) is 0. The van der Waals surface area contributed by atoms with E-state index in [9.17, 15) is 13.2 Å². The van der Waals surface area contributed by atoms with Gasteiger partial charge in [-0.2, -0.15) is 13.2 Å². The largest absolute Gasteiger partial charge is 0.491 e. The molecule has 0 saturated heterocycles. The Morgan fingerprint density at radius 2 is 2.04 bits per heavy atom. The van der Waals surface area contributed by atoms with Crippen LogP contribution < -0.4 is 4.74 Å². The van der Waals surface area contributed by atoms with Crippen molar-refractivity contribution in [3.63, 3.8) is 0 Å². The molecule has 0 unspecified atom stereocenters. The van der Waals surface area contributed by atoms with Crippen molar-refractivity contribution >= 4 is 11.1 Å². The maximum absolute atomic E-state index is 12.8. The first kappa shape index (κ1) is 16.3. The molecule has 0 atom stereocenters. The molecule has 0 aliphatic carbocycles. The number of nitrogens with zero attached hydrogens (tertiary/aromatic N) is 2.